The van der Waals surface area contributed by atoms with Crippen LogP contribution < -0.4 is 5.32 Å². The van der Waals surface area contributed by atoms with Crippen molar-refractivity contribution in [2.45, 2.75) is 25.8 Å². The first kappa shape index (κ1) is 18.0. The number of thiophene rings is 1. The Labute approximate surface area is 139 Å². The van der Waals surface area contributed by atoms with Crippen LogP contribution in [0.3, 0.4) is 0 Å². The van der Waals surface area contributed by atoms with Crippen LogP contribution in [0.2, 0.25) is 0 Å². The predicted octanol–water partition coefficient (Wildman–Crippen LogP) is 3.70. The van der Waals surface area contributed by atoms with Gasteiger partial charge in [-0.05, 0) is 36.2 Å². The molecule has 0 aliphatic carbocycles. The second kappa shape index (κ2) is 7.48. The third-order valence-corrected chi connectivity index (χ3v) is 4.55. The Morgan fingerprint density at radius 1 is 1.25 bits per heavy atom. The maximum absolute atomic E-state index is 13.0. The number of halogens is 3. The third-order valence-electron chi connectivity index (χ3n) is 3.27. The Morgan fingerprint density at radius 3 is 2.42 bits per heavy atom. The van der Waals surface area contributed by atoms with Gasteiger partial charge in [0.25, 0.3) is 5.91 Å². The number of aryl methyl sites for hydroxylation is 1. The third kappa shape index (κ3) is 4.35. The van der Waals surface area contributed by atoms with Crippen LogP contribution in [0.5, 0.6) is 0 Å². The van der Waals surface area contributed by atoms with Gasteiger partial charge in [0, 0.05) is 11.3 Å². The number of hydrogen-bond donors (Lipinski definition) is 2. The Kier molecular flexibility index (Phi) is 5.61. The number of amides is 1. The highest BCUT2D eigenvalue weighted by molar-refractivity contribution is 7.17. The van der Waals surface area contributed by atoms with E-state index in [1.807, 2.05) is 0 Å². The molecule has 1 aromatic carbocycles. The molecule has 24 heavy (non-hydrogen) atoms. The van der Waals surface area contributed by atoms with Crippen LogP contribution in [0.25, 0.3) is 10.4 Å². The molecule has 8 heteroatoms. The Hall–Kier alpha value is -2.35. The van der Waals surface area contributed by atoms with Crippen LogP contribution in [0, 0.1) is 12.7 Å². The first-order valence-corrected chi connectivity index (χ1v) is 7.77. The maximum Gasteiger partial charge on any atom is 0.326 e. The lowest BCUT2D eigenvalue weighted by molar-refractivity contribution is -0.140. The second-order valence-corrected chi connectivity index (χ2v) is 6.17. The first-order valence-electron chi connectivity index (χ1n) is 6.96. The van der Waals surface area contributed by atoms with E-state index in [1.54, 1.807) is 25.1 Å². The van der Waals surface area contributed by atoms with Crippen LogP contribution in [-0.4, -0.2) is 29.5 Å². The number of alkyl halides is 2. The molecule has 1 heterocycles. The van der Waals surface area contributed by atoms with Crippen molar-refractivity contribution in [1.29, 1.82) is 0 Å². The molecular formula is C16H14F3NO3S. The molecule has 0 aliphatic heterocycles. The molecule has 0 fully saturated rings. The highest BCUT2D eigenvalue weighted by atomic mass is 32.1. The molecule has 1 atom stereocenters. The molecule has 2 aromatic rings. The van der Waals surface area contributed by atoms with Gasteiger partial charge in [0.15, 0.2) is 0 Å². The van der Waals surface area contributed by atoms with Crippen molar-refractivity contribution in [2.75, 3.05) is 0 Å². The van der Waals surface area contributed by atoms with Crippen molar-refractivity contribution in [2.24, 2.45) is 0 Å². The zero-order chi connectivity index (χ0) is 17.9. The molecule has 0 saturated heterocycles. The van der Waals surface area contributed by atoms with Crippen LogP contribution in [0.4, 0.5) is 13.2 Å². The second-order valence-electron chi connectivity index (χ2n) is 5.12. The zero-order valence-electron chi connectivity index (χ0n) is 12.6. The summed E-state index contributed by atoms with van der Waals surface area (Å²) in [6, 6.07) is 5.59. The number of hydrogen-bond acceptors (Lipinski definition) is 3. The average molecular weight is 357 g/mol. The van der Waals surface area contributed by atoms with E-state index < -0.39 is 30.8 Å². The van der Waals surface area contributed by atoms with E-state index in [4.69, 9.17) is 5.11 Å². The summed E-state index contributed by atoms with van der Waals surface area (Å²) in [6.45, 7) is 1.75. The fraction of sp³-hybridized carbons (Fsp3) is 0.250. The largest absolute Gasteiger partial charge is 0.480 e. The zero-order valence-corrected chi connectivity index (χ0v) is 13.4. The molecule has 1 unspecified atom stereocenters. The number of carbonyl (C=O) groups excluding carboxylic acids is 1. The van der Waals surface area contributed by atoms with E-state index in [0.717, 1.165) is 21.8 Å². The highest BCUT2D eigenvalue weighted by Gasteiger charge is 2.25. The normalized spacial score (nSPS) is 12.2. The van der Waals surface area contributed by atoms with E-state index >= 15 is 0 Å². The molecule has 0 bridgehead atoms. The van der Waals surface area contributed by atoms with E-state index in [9.17, 15) is 22.8 Å². The molecule has 4 nitrogen and oxygen atoms in total. The highest BCUT2D eigenvalue weighted by Crippen LogP contribution is 2.32. The standard InChI is InChI=1S/C16H14F3NO3S/c1-8-6-12(15(21)20-11(16(22)23)7-13(18)19)24-14(8)9-2-4-10(17)5-3-9/h2-6,11,13H,7H2,1H3,(H,20,21)(H,22,23). The van der Waals surface area contributed by atoms with Gasteiger partial charge in [-0.25, -0.2) is 18.0 Å². The van der Waals surface area contributed by atoms with Gasteiger partial charge in [0.2, 0.25) is 6.43 Å². The summed E-state index contributed by atoms with van der Waals surface area (Å²) < 4.78 is 37.7. The number of carboxylic acids is 1. The fourth-order valence-electron chi connectivity index (χ4n) is 2.11. The Balaban J connectivity index is 2.20. The number of carbonyl (C=O) groups is 2. The molecule has 2 rings (SSSR count). The van der Waals surface area contributed by atoms with Crippen LogP contribution in [-0.2, 0) is 4.79 Å². The van der Waals surface area contributed by atoms with Gasteiger partial charge in [-0.15, -0.1) is 11.3 Å². The Bertz CT molecular complexity index is 744. The minimum atomic E-state index is -2.84. The lowest BCUT2D eigenvalue weighted by Gasteiger charge is -2.13. The van der Waals surface area contributed by atoms with E-state index in [-0.39, 0.29) is 10.7 Å². The van der Waals surface area contributed by atoms with Gasteiger partial charge in [-0.1, -0.05) is 12.1 Å². The number of carboxylic acid groups (broad SMARTS) is 1. The molecule has 0 radical (unpaired) electrons. The number of aliphatic carboxylic acids is 1. The van der Waals surface area contributed by atoms with Gasteiger partial charge in [-0.2, -0.15) is 0 Å². The summed E-state index contributed by atoms with van der Waals surface area (Å²) in [5, 5.41) is 11.0. The van der Waals surface area contributed by atoms with Gasteiger partial charge in [0.1, 0.15) is 11.9 Å². The molecule has 2 N–H and O–H groups in total. The van der Waals surface area contributed by atoms with Crippen molar-refractivity contribution in [3.05, 3.63) is 46.6 Å². The quantitative estimate of drug-likeness (QED) is 0.828. The molecule has 0 aliphatic rings. The number of rotatable bonds is 6. The maximum atomic E-state index is 13.0. The Morgan fingerprint density at radius 2 is 1.88 bits per heavy atom. The number of nitrogens with one attached hydrogen (secondary N) is 1. The lowest BCUT2D eigenvalue weighted by atomic mass is 10.1. The summed E-state index contributed by atoms with van der Waals surface area (Å²) in [5.74, 6) is -2.64. The van der Waals surface area contributed by atoms with Gasteiger partial charge >= 0.3 is 5.97 Å². The smallest absolute Gasteiger partial charge is 0.326 e. The van der Waals surface area contributed by atoms with Gasteiger partial charge < -0.3 is 10.4 Å². The molecule has 0 saturated carbocycles. The topological polar surface area (TPSA) is 66.4 Å². The van der Waals surface area contributed by atoms with E-state index in [2.05, 4.69) is 5.32 Å². The van der Waals surface area contributed by atoms with E-state index in [1.165, 1.54) is 12.1 Å². The predicted molar refractivity (Wildman–Crippen MR) is 84.0 cm³/mol. The summed E-state index contributed by atoms with van der Waals surface area (Å²) in [7, 11) is 0. The first-order chi connectivity index (χ1) is 11.3. The monoisotopic (exact) mass is 357 g/mol. The van der Waals surface area contributed by atoms with Gasteiger partial charge in [-0.3, -0.25) is 4.79 Å². The van der Waals surface area contributed by atoms with Crippen molar-refractivity contribution in [1.82, 2.24) is 5.32 Å². The van der Waals surface area contributed by atoms with Crippen molar-refractivity contribution in [3.63, 3.8) is 0 Å². The van der Waals surface area contributed by atoms with E-state index in [0.29, 0.717) is 5.56 Å². The molecule has 0 spiro atoms. The van der Waals surface area contributed by atoms with Gasteiger partial charge in [0.05, 0.1) is 4.88 Å². The molecular weight excluding hydrogens is 343 g/mol. The number of benzene rings is 1. The lowest BCUT2D eigenvalue weighted by Crippen LogP contribution is -2.41. The SMILES string of the molecule is Cc1cc(C(=O)NC(CC(F)F)C(=O)O)sc1-c1ccc(F)cc1. The summed E-state index contributed by atoms with van der Waals surface area (Å²) in [6.07, 6.45) is -3.80. The fourth-order valence-corrected chi connectivity index (χ4v) is 3.19. The average Bonchev–Trinajstić information content (AvgIpc) is 2.89. The van der Waals surface area contributed by atoms with Crippen molar-refractivity contribution in [3.8, 4) is 10.4 Å². The summed E-state index contributed by atoms with van der Waals surface area (Å²) >= 11 is 1.08. The molecule has 1 amide bonds. The van der Waals surface area contributed by atoms with Crippen molar-refractivity contribution >= 4 is 23.2 Å². The van der Waals surface area contributed by atoms with Crippen LogP contribution in [0.1, 0.15) is 21.7 Å². The minimum absolute atomic E-state index is 0.201. The summed E-state index contributed by atoms with van der Waals surface area (Å²) in [4.78, 5) is 24.0. The van der Waals surface area contributed by atoms with Crippen LogP contribution in [0.15, 0.2) is 30.3 Å². The van der Waals surface area contributed by atoms with Crippen molar-refractivity contribution < 1.29 is 27.9 Å². The van der Waals surface area contributed by atoms with Crippen LogP contribution >= 0.6 is 11.3 Å². The minimum Gasteiger partial charge on any atom is -0.480 e. The molecule has 1 aromatic heterocycles. The summed E-state index contributed by atoms with van der Waals surface area (Å²) in [5.41, 5.74) is 1.46. The molecule has 128 valence electrons.